The molecule has 0 bridgehead atoms. The van der Waals surface area contributed by atoms with Crippen LogP contribution in [-0.4, -0.2) is 25.7 Å². The van der Waals surface area contributed by atoms with E-state index in [0.29, 0.717) is 6.61 Å². The molecule has 1 heterocycles. The van der Waals surface area contributed by atoms with E-state index in [0.717, 1.165) is 17.7 Å². The van der Waals surface area contributed by atoms with Gasteiger partial charge in [0.25, 0.3) is 5.91 Å². The molecule has 1 rings (SSSR count). The van der Waals surface area contributed by atoms with Crippen LogP contribution in [0, 0.1) is 6.92 Å². The third kappa shape index (κ3) is 4.13. The number of carbonyl (C=O) groups excluding carboxylic acids is 1. The van der Waals surface area contributed by atoms with Crippen LogP contribution in [-0.2, 0) is 11.2 Å². The summed E-state index contributed by atoms with van der Waals surface area (Å²) in [6, 6.07) is 2.06. The van der Waals surface area contributed by atoms with Crippen molar-refractivity contribution in [3.05, 3.63) is 21.4 Å². The number of rotatable bonds is 6. The van der Waals surface area contributed by atoms with Crippen LogP contribution in [0.15, 0.2) is 6.07 Å². The average Bonchev–Trinajstić information content (AvgIpc) is 2.61. The Morgan fingerprint density at radius 2 is 2.29 bits per heavy atom. The number of hydrogen-bond acceptors (Lipinski definition) is 3. The van der Waals surface area contributed by atoms with E-state index in [-0.39, 0.29) is 11.9 Å². The minimum absolute atomic E-state index is 0.00463. The number of methoxy groups -OCH3 is 1. The molecule has 1 unspecified atom stereocenters. The van der Waals surface area contributed by atoms with E-state index in [1.165, 1.54) is 10.4 Å². The molecular weight excluding hydrogens is 234 g/mol. The van der Waals surface area contributed by atoms with Crippen LogP contribution < -0.4 is 5.32 Å². The standard InChI is InChI=1S/C13H21NO2S/c1-5-6-11-7-12(17-10(11)3)13(15)14-9(2)8-16-4/h7,9H,5-6,8H2,1-4H3,(H,14,15). The largest absolute Gasteiger partial charge is 0.383 e. The number of thiophene rings is 1. The number of ether oxygens (including phenoxy) is 1. The van der Waals surface area contributed by atoms with E-state index in [1.54, 1.807) is 18.4 Å². The third-order valence-corrected chi connectivity index (χ3v) is 3.65. The number of carbonyl (C=O) groups is 1. The van der Waals surface area contributed by atoms with Crippen molar-refractivity contribution in [1.29, 1.82) is 0 Å². The van der Waals surface area contributed by atoms with Gasteiger partial charge >= 0.3 is 0 Å². The summed E-state index contributed by atoms with van der Waals surface area (Å²) in [6.45, 7) is 6.70. The van der Waals surface area contributed by atoms with Crippen LogP contribution in [0.3, 0.4) is 0 Å². The summed E-state index contributed by atoms with van der Waals surface area (Å²) < 4.78 is 5.00. The molecule has 0 saturated heterocycles. The van der Waals surface area contributed by atoms with Crippen molar-refractivity contribution in [2.45, 2.75) is 39.7 Å². The Kier molecular flexibility index (Phi) is 5.65. The summed E-state index contributed by atoms with van der Waals surface area (Å²) >= 11 is 1.57. The molecule has 17 heavy (non-hydrogen) atoms. The third-order valence-electron chi connectivity index (χ3n) is 2.56. The van der Waals surface area contributed by atoms with Crippen LogP contribution in [0.25, 0.3) is 0 Å². The van der Waals surface area contributed by atoms with Crippen LogP contribution in [0.5, 0.6) is 0 Å². The fraction of sp³-hybridized carbons (Fsp3) is 0.615. The number of amides is 1. The lowest BCUT2D eigenvalue weighted by Gasteiger charge is -2.11. The highest BCUT2D eigenvalue weighted by atomic mass is 32.1. The zero-order valence-electron chi connectivity index (χ0n) is 11.0. The molecule has 0 aliphatic heterocycles. The van der Waals surface area contributed by atoms with Crippen molar-refractivity contribution in [2.75, 3.05) is 13.7 Å². The van der Waals surface area contributed by atoms with Gasteiger partial charge in [-0.15, -0.1) is 11.3 Å². The average molecular weight is 255 g/mol. The Morgan fingerprint density at radius 3 is 2.88 bits per heavy atom. The van der Waals surface area contributed by atoms with E-state index in [1.807, 2.05) is 13.0 Å². The molecule has 0 aliphatic rings. The first-order chi connectivity index (χ1) is 8.08. The minimum Gasteiger partial charge on any atom is -0.383 e. The predicted molar refractivity (Wildman–Crippen MR) is 71.9 cm³/mol. The Balaban J connectivity index is 2.66. The van der Waals surface area contributed by atoms with Crippen molar-refractivity contribution in [1.82, 2.24) is 5.32 Å². The first-order valence-electron chi connectivity index (χ1n) is 5.97. The maximum atomic E-state index is 11.9. The molecule has 0 fully saturated rings. The molecule has 0 aromatic carbocycles. The highest BCUT2D eigenvalue weighted by Crippen LogP contribution is 2.22. The summed E-state index contributed by atoms with van der Waals surface area (Å²) in [5.74, 6) is 0.00463. The normalized spacial score (nSPS) is 12.5. The van der Waals surface area contributed by atoms with Gasteiger partial charge in [-0.3, -0.25) is 4.79 Å². The molecule has 4 heteroatoms. The lowest BCUT2D eigenvalue weighted by molar-refractivity contribution is 0.0909. The topological polar surface area (TPSA) is 38.3 Å². The zero-order chi connectivity index (χ0) is 12.8. The van der Waals surface area contributed by atoms with E-state index < -0.39 is 0 Å². The van der Waals surface area contributed by atoms with Gasteiger partial charge in [0.2, 0.25) is 0 Å². The molecule has 1 aromatic rings. The van der Waals surface area contributed by atoms with Crippen molar-refractivity contribution < 1.29 is 9.53 Å². The Morgan fingerprint density at radius 1 is 1.59 bits per heavy atom. The molecule has 1 N–H and O–H groups in total. The summed E-state index contributed by atoms with van der Waals surface area (Å²) in [5.41, 5.74) is 1.29. The molecule has 1 atom stereocenters. The van der Waals surface area contributed by atoms with E-state index >= 15 is 0 Å². The molecule has 96 valence electrons. The first-order valence-corrected chi connectivity index (χ1v) is 6.79. The van der Waals surface area contributed by atoms with Gasteiger partial charge < -0.3 is 10.1 Å². The Labute approximate surface area is 107 Å². The summed E-state index contributed by atoms with van der Waals surface area (Å²) in [4.78, 5) is 14.0. The van der Waals surface area contributed by atoms with Gasteiger partial charge in [0.05, 0.1) is 11.5 Å². The molecular formula is C13H21NO2S. The Hall–Kier alpha value is -0.870. The molecule has 3 nitrogen and oxygen atoms in total. The van der Waals surface area contributed by atoms with E-state index in [4.69, 9.17) is 4.74 Å². The van der Waals surface area contributed by atoms with Crippen LogP contribution in [0.4, 0.5) is 0 Å². The minimum atomic E-state index is 0.00463. The summed E-state index contributed by atoms with van der Waals surface area (Å²) in [6.07, 6.45) is 2.15. The molecule has 0 aliphatic carbocycles. The van der Waals surface area contributed by atoms with Crippen molar-refractivity contribution in [2.24, 2.45) is 0 Å². The molecule has 0 saturated carbocycles. The highest BCUT2D eigenvalue weighted by molar-refractivity contribution is 7.14. The highest BCUT2D eigenvalue weighted by Gasteiger charge is 2.13. The number of nitrogens with one attached hydrogen (secondary N) is 1. The lowest BCUT2D eigenvalue weighted by atomic mass is 10.1. The van der Waals surface area contributed by atoms with E-state index in [2.05, 4.69) is 19.2 Å². The molecule has 0 radical (unpaired) electrons. The monoisotopic (exact) mass is 255 g/mol. The fourth-order valence-electron chi connectivity index (χ4n) is 1.74. The van der Waals surface area contributed by atoms with Gasteiger partial charge in [0.15, 0.2) is 0 Å². The van der Waals surface area contributed by atoms with Gasteiger partial charge in [-0.2, -0.15) is 0 Å². The van der Waals surface area contributed by atoms with Gasteiger partial charge in [-0.05, 0) is 31.9 Å². The smallest absolute Gasteiger partial charge is 0.261 e. The first kappa shape index (κ1) is 14.2. The van der Waals surface area contributed by atoms with Crippen molar-refractivity contribution in [3.8, 4) is 0 Å². The Bertz CT molecular complexity index is 373. The molecule has 1 amide bonds. The van der Waals surface area contributed by atoms with Gasteiger partial charge in [-0.1, -0.05) is 13.3 Å². The SMILES string of the molecule is CCCc1cc(C(=O)NC(C)COC)sc1C. The summed E-state index contributed by atoms with van der Waals surface area (Å²) in [7, 11) is 1.64. The second kappa shape index (κ2) is 6.77. The van der Waals surface area contributed by atoms with Crippen molar-refractivity contribution in [3.63, 3.8) is 0 Å². The van der Waals surface area contributed by atoms with Gasteiger partial charge in [-0.25, -0.2) is 0 Å². The zero-order valence-corrected chi connectivity index (χ0v) is 11.8. The van der Waals surface area contributed by atoms with Gasteiger partial charge in [0.1, 0.15) is 0 Å². The lowest BCUT2D eigenvalue weighted by Crippen LogP contribution is -2.35. The summed E-state index contributed by atoms with van der Waals surface area (Å²) in [5, 5.41) is 2.93. The molecule has 0 spiro atoms. The predicted octanol–water partition coefficient (Wildman–Crippen LogP) is 2.77. The second-order valence-electron chi connectivity index (χ2n) is 4.27. The fourth-order valence-corrected chi connectivity index (χ4v) is 2.71. The van der Waals surface area contributed by atoms with Crippen LogP contribution in [0.2, 0.25) is 0 Å². The van der Waals surface area contributed by atoms with E-state index in [9.17, 15) is 4.79 Å². The maximum absolute atomic E-state index is 11.9. The van der Waals surface area contributed by atoms with Crippen molar-refractivity contribution >= 4 is 17.2 Å². The van der Waals surface area contributed by atoms with Crippen LogP contribution in [0.1, 0.15) is 40.4 Å². The molecule has 1 aromatic heterocycles. The quantitative estimate of drug-likeness (QED) is 0.849. The number of aryl methyl sites for hydroxylation is 2. The number of hydrogen-bond donors (Lipinski definition) is 1. The van der Waals surface area contributed by atoms with Gasteiger partial charge in [0, 0.05) is 18.0 Å². The van der Waals surface area contributed by atoms with Crippen LogP contribution >= 0.6 is 11.3 Å². The second-order valence-corrected chi connectivity index (χ2v) is 5.53. The maximum Gasteiger partial charge on any atom is 0.261 e.